The van der Waals surface area contributed by atoms with Crippen LogP contribution in [-0.4, -0.2) is 62.1 Å². The molecule has 3 aromatic heterocycles. The molecule has 0 radical (unpaired) electrons. The van der Waals surface area contributed by atoms with Gasteiger partial charge in [-0.2, -0.15) is 0 Å². The van der Waals surface area contributed by atoms with Crippen molar-refractivity contribution in [3.05, 3.63) is 41.7 Å². The highest BCUT2D eigenvalue weighted by atomic mass is 16.6. The molecule has 2 amide bonds. The van der Waals surface area contributed by atoms with Crippen molar-refractivity contribution >= 4 is 40.1 Å². The van der Waals surface area contributed by atoms with Crippen LogP contribution in [0.3, 0.4) is 0 Å². The maximum atomic E-state index is 12.8. The third-order valence-electron chi connectivity index (χ3n) is 5.78. The lowest BCUT2D eigenvalue weighted by Crippen LogP contribution is -2.36. The predicted octanol–water partition coefficient (Wildman–Crippen LogP) is 5.34. The second-order valence-electron chi connectivity index (χ2n) is 11.5. The summed E-state index contributed by atoms with van der Waals surface area (Å²) in [7, 11) is 1.60. The van der Waals surface area contributed by atoms with E-state index in [1.807, 2.05) is 37.3 Å². The van der Waals surface area contributed by atoms with Gasteiger partial charge in [-0.1, -0.05) is 18.2 Å². The maximum absolute atomic E-state index is 12.8. The average molecular weight is 537 g/mol. The van der Waals surface area contributed by atoms with E-state index in [1.54, 1.807) is 48.6 Å². The SMILES string of the molecule is Cc1nc2c(N(C)C(=O)OC(C)(C)C)nc3[nH]c(-c4cccc([C@H](CO)NC(=O)OC(C)(C)C)c4)cc3c2[nH]1. The Bertz CT molecular complexity index is 1530. The monoisotopic (exact) mass is 536 g/mol. The predicted molar refractivity (Wildman–Crippen MR) is 150 cm³/mol. The molecule has 0 spiro atoms. The number of aryl methyl sites for hydroxylation is 1. The minimum Gasteiger partial charge on any atom is -0.444 e. The average Bonchev–Trinajstić information content (AvgIpc) is 3.42. The van der Waals surface area contributed by atoms with Crippen molar-refractivity contribution in [2.24, 2.45) is 0 Å². The number of hydrogen-bond donors (Lipinski definition) is 4. The highest BCUT2D eigenvalue weighted by molar-refractivity contribution is 6.09. The second kappa shape index (κ2) is 10.2. The first kappa shape index (κ1) is 27.9. The number of aliphatic hydroxyl groups excluding tert-OH is 1. The van der Waals surface area contributed by atoms with E-state index in [2.05, 4.69) is 20.3 Å². The van der Waals surface area contributed by atoms with E-state index in [1.165, 1.54) is 4.90 Å². The topological polar surface area (TPSA) is 145 Å². The minimum atomic E-state index is -0.661. The number of amides is 2. The van der Waals surface area contributed by atoms with Crippen LogP contribution in [0.1, 0.15) is 59.0 Å². The Morgan fingerprint density at radius 3 is 2.38 bits per heavy atom. The highest BCUT2D eigenvalue weighted by Gasteiger charge is 2.26. The van der Waals surface area contributed by atoms with E-state index in [0.29, 0.717) is 28.4 Å². The summed E-state index contributed by atoms with van der Waals surface area (Å²) in [4.78, 5) is 42.4. The maximum Gasteiger partial charge on any atom is 0.415 e. The zero-order chi connectivity index (χ0) is 28.7. The van der Waals surface area contributed by atoms with E-state index in [-0.39, 0.29) is 6.61 Å². The summed E-state index contributed by atoms with van der Waals surface area (Å²) < 4.78 is 10.9. The Kier molecular flexibility index (Phi) is 7.31. The molecular formula is C28H36N6O5. The number of imidazole rings is 1. The van der Waals surface area contributed by atoms with E-state index >= 15 is 0 Å². The number of H-pyrrole nitrogens is 2. The third-order valence-corrected chi connectivity index (χ3v) is 5.78. The fourth-order valence-electron chi connectivity index (χ4n) is 4.14. The molecule has 0 saturated carbocycles. The van der Waals surface area contributed by atoms with E-state index in [9.17, 15) is 14.7 Å². The molecule has 1 atom stereocenters. The van der Waals surface area contributed by atoms with Gasteiger partial charge in [0.05, 0.1) is 18.2 Å². The fraction of sp³-hybridized carbons (Fsp3) is 0.429. The van der Waals surface area contributed by atoms with Gasteiger partial charge >= 0.3 is 12.2 Å². The molecule has 0 fully saturated rings. The van der Waals surface area contributed by atoms with Gasteiger partial charge < -0.3 is 29.9 Å². The first-order chi connectivity index (χ1) is 18.1. The summed E-state index contributed by atoms with van der Waals surface area (Å²) in [6.45, 7) is 12.3. The van der Waals surface area contributed by atoms with E-state index in [0.717, 1.165) is 22.2 Å². The Morgan fingerprint density at radius 2 is 1.74 bits per heavy atom. The number of aromatic nitrogens is 4. The first-order valence-corrected chi connectivity index (χ1v) is 12.7. The number of ether oxygens (including phenoxy) is 2. The third kappa shape index (κ3) is 6.31. The summed E-state index contributed by atoms with van der Waals surface area (Å²) in [5.41, 5.74) is 2.82. The Morgan fingerprint density at radius 1 is 1.05 bits per heavy atom. The summed E-state index contributed by atoms with van der Waals surface area (Å²) in [6.07, 6.45) is -1.15. The Balaban J connectivity index is 1.72. The van der Waals surface area contributed by atoms with Crippen molar-refractivity contribution in [1.29, 1.82) is 0 Å². The standard InChI is InChI=1S/C28H36N6O5/c1-15-29-21-18-13-19(16-10-9-11-17(12-16)20(14-35)32-25(36)38-27(2,3)4)31-23(18)33-24(22(21)30-15)34(8)26(37)39-28(5,6)7/h9-13,20,35H,14H2,1-8H3,(H,29,30)(H,31,33)(H,32,36)/t20-/m0/s1. The van der Waals surface area contributed by atoms with Gasteiger partial charge in [-0.25, -0.2) is 19.6 Å². The van der Waals surface area contributed by atoms with Gasteiger partial charge in [-0.15, -0.1) is 0 Å². The van der Waals surface area contributed by atoms with Crippen molar-refractivity contribution in [2.75, 3.05) is 18.6 Å². The molecule has 0 aliphatic heterocycles. The molecule has 4 aromatic rings. The van der Waals surface area contributed by atoms with Crippen molar-refractivity contribution in [2.45, 2.75) is 65.7 Å². The first-order valence-electron chi connectivity index (χ1n) is 12.7. The number of anilines is 1. The number of nitrogens with zero attached hydrogens (tertiary/aromatic N) is 3. The summed E-state index contributed by atoms with van der Waals surface area (Å²) in [5.74, 6) is 1.04. The summed E-state index contributed by atoms with van der Waals surface area (Å²) in [6, 6.07) is 8.77. The van der Waals surface area contributed by atoms with Crippen molar-refractivity contribution in [3.8, 4) is 11.3 Å². The Hall–Kier alpha value is -4.12. The lowest BCUT2D eigenvalue weighted by molar-refractivity contribution is 0.0481. The molecule has 0 saturated heterocycles. The molecule has 11 nitrogen and oxygen atoms in total. The van der Waals surface area contributed by atoms with Gasteiger partial charge in [0.1, 0.15) is 28.2 Å². The van der Waals surface area contributed by atoms with Crippen LogP contribution < -0.4 is 10.2 Å². The van der Waals surface area contributed by atoms with Crippen LogP contribution in [0.2, 0.25) is 0 Å². The Labute approximate surface area is 226 Å². The lowest BCUT2D eigenvalue weighted by Gasteiger charge is -2.24. The second-order valence-corrected chi connectivity index (χ2v) is 11.5. The van der Waals surface area contributed by atoms with Crippen LogP contribution in [0.15, 0.2) is 30.3 Å². The molecule has 4 rings (SSSR count). The molecule has 0 unspecified atom stereocenters. The molecule has 0 aliphatic carbocycles. The number of benzene rings is 1. The molecule has 0 bridgehead atoms. The lowest BCUT2D eigenvalue weighted by atomic mass is 10.0. The largest absolute Gasteiger partial charge is 0.444 e. The number of rotatable bonds is 5. The molecule has 39 heavy (non-hydrogen) atoms. The van der Waals surface area contributed by atoms with Gasteiger partial charge in [0.2, 0.25) is 0 Å². The van der Waals surface area contributed by atoms with Crippen LogP contribution in [0.5, 0.6) is 0 Å². The zero-order valence-electron chi connectivity index (χ0n) is 23.6. The van der Waals surface area contributed by atoms with Gasteiger partial charge in [0.25, 0.3) is 0 Å². The molecule has 1 aromatic carbocycles. The zero-order valence-corrected chi connectivity index (χ0v) is 23.6. The number of hydrogen-bond acceptors (Lipinski definition) is 7. The number of nitrogens with one attached hydrogen (secondary N) is 3. The number of aromatic amines is 2. The number of aliphatic hydroxyl groups is 1. The van der Waals surface area contributed by atoms with Gasteiger partial charge in [0.15, 0.2) is 5.82 Å². The smallest absolute Gasteiger partial charge is 0.415 e. The van der Waals surface area contributed by atoms with Crippen LogP contribution >= 0.6 is 0 Å². The quantitative estimate of drug-likeness (QED) is 0.269. The van der Waals surface area contributed by atoms with Gasteiger partial charge in [-0.05, 0) is 71.7 Å². The fourth-order valence-corrected chi connectivity index (χ4v) is 4.14. The summed E-state index contributed by atoms with van der Waals surface area (Å²) in [5, 5.41) is 13.5. The number of pyridine rings is 1. The van der Waals surface area contributed by atoms with Crippen molar-refractivity contribution in [1.82, 2.24) is 25.3 Å². The van der Waals surface area contributed by atoms with E-state index < -0.39 is 29.4 Å². The van der Waals surface area contributed by atoms with Crippen LogP contribution in [-0.2, 0) is 9.47 Å². The van der Waals surface area contributed by atoms with Crippen molar-refractivity contribution in [3.63, 3.8) is 0 Å². The van der Waals surface area contributed by atoms with Crippen molar-refractivity contribution < 1.29 is 24.2 Å². The number of carbonyl (C=O) groups excluding carboxylic acids is 2. The van der Waals surface area contributed by atoms with Crippen LogP contribution in [0.25, 0.3) is 33.3 Å². The molecule has 4 N–H and O–H groups in total. The van der Waals surface area contributed by atoms with E-state index in [4.69, 9.17) is 14.5 Å². The minimum absolute atomic E-state index is 0.300. The van der Waals surface area contributed by atoms with Crippen LogP contribution in [0.4, 0.5) is 15.4 Å². The molecule has 0 aliphatic rings. The van der Waals surface area contributed by atoms with Crippen LogP contribution in [0, 0.1) is 6.92 Å². The number of carbonyl (C=O) groups is 2. The molecular weight excluding hydrogens is 500 g/mol. The summed E-state index contributed by atoms with van der Waals surface area (Å²) >= 11 is 0. The molecule has 3 heterocycles. The molecule has 11 heteroatoms. The van der Waals surface area contributed by atoms with Gasteiger partial charge in [-0.3, -0.25) is 4.90 Å². The highest BCUT2D eigenvalue weighted by Crippen LogP contribution is 2.33. The number of fused-ring (bicyclic) bond motifs is 3. The molecule has 208 valence electrons. The number of alkyl carbamates (subject to hydrolysis) is 1. The normalized spacial score (nSPS) is 12.9. The van der Waals surface area contributed by atoms with Gasteiger partial charge in [0, 0.05) is 18.1 Å².